The van der Waals surface area contributed by atoms with Crippen molar-refractivity contribution in [3.63, 3.8) is 0 Å². The van der Waals surface area contributed by atoms with Gasteiger partial charge in [0, 0.05) is 23.2 Å². The van der Waals surface area contributed by atoms with Gasteiger partial charge in [0.25, 0.3) is 0 Å². The second kappa shape index (κ2) is 5.25. The zero-order chi connectivity index (χ0) is 14.8. The highest BCUT2D eigenvalue weighted by molar-refractivity contribution is 5.96. The summed E-state index contributed by atoms with van der Waals surface area (Å²) in [5.41, 5.74) is 8.05. The Morgan fingerprint density at radius 2 is 1.86 bits per heavy atom. The second-order valence-corrected chi connectivity index (χ2v) is 4.85. The van der Waals surface area contributed by atoms with Crippen LogP contribution in [-0.4, -0.2) is 10.8 Å². The number of nitrogen functional groups attached to an aromatic ring is 1. The van der Waals surface area contributed by atoms with Crippen molar-refractivity contribution in [2.75, 3.05) is 0 Å². The first-order valence-corrected chi connectivity index (χ1v) is 6.61. The van der Waals surface area contributed by atoms with E-state index in [0.29, 0.717) is 5.75 Å². The number of fused-ring (bicyclic) bond motifs is 1. The summed E-state index contributed by atoms with van der Waals surface area (Å²) in [7, 11) is 0. The Kier molecular flexibility index (Phi) is 3.28. The highest BCUT2D eigenvalue weighted by Crippen LogP contribution is 2.26. The van der Waals surface area contributed by atoms with Crippen LogP contribution in [0.15, 0.2) is 54.7 Å². The molecule has 3 N–H and O–H groups in total. The van der Waals surface area contributed by atoms with E-state index < -0.39 is 0 Å². The number of pyridine rings is 1. The normalized spacial score (nSPS) is 10.5. The van der Waals surface area contributed by atoms with Gasteiger partial charge in [-0.05, 0) is 48.9 Å². The number of aryl methyl sites for hydroxylation is 1. The van der Waals surface area contributed by atoms with Crippen LogP contribution in [0.1, 0.15) is 11.1 Å². The monoisotopic (exact) mass is 277 g/mol. The molecule has 0 aliphatic carbocycles. The van der Waals surface area contributed by atoms with Crippen molar-refractivity contribution < 1.29 is 4.74 Å². The quantitative estimate of drug-likeness (QED) is 0.567. The Hall–Kier alpha value is -2.88. The molecule has 21 heavy (non-hydrogen) atoms. The van der Waals surface area contributed by atoms with E-state index in [1.807, 2.05) is 49.4 Å². The SMILES string of the molecule is Cc1cc(Oc2ccc3cccnc3c2)ccc1C(=N)N. The molecule has 0 bridgehead atoms. The molecule has 4 nitrogen and oxygen atoms in total. The van der Waals surface area contributed by atoms with Gasteiger partial charge in [0.1, 0.15) is 17.3 Å². The third-order valence-corrected chi connectivity index (χ3v) is 3.30. The predicted molar refractivity (Wildman–Crippen MR) is 84.0 cm³/mol. The molecule has 0 aliphatic heterocycles. The van der Waals surface area contributed by atoms with Crippen molar-refractivity contribution in [1.82, 2.24) is 4.98 Å². The van der Waals surface area contributed by atoms with Crippen LogP contribution in [0.4, 0.5) is 0 Å². The van der Waals surface area contributed by atoms with Crippen LogP contribution in [-0.2, 0) is 0 Å². The molecule has 3 aromatic rings. The molecule has 0 radical (unpaired) electrons. The Bertz CT molecular complexity index is 827. The Morgan fingerprint density at radius 1 is 1.10 bits per heavy atom. The van der Waals surface area contributed by atoms with Gasteiger partial charge in [0.05, 0.1) is 5.52 Å². The van der Waals surface area contributed by atoms with E-state index in [0.717, 1.165) is 27.8 Å². The molecule has 1 heterocycles. The summed E-state index contributed by atoms with van der Waals surface area (Å²) in [5, 5.41) is 8.56. The summed E-state index contributed by atoms with van der Waals surface area (Å²) in [5.74, 6) is 1.51. The van der Waals surface area contributed by atoms with Gasteiger partial charge < -0.3 is 10.5 Å². The molecule has 0 unspecified atom stereocenters. The fourth-order valence-corrected chi connectivity index (χ4v) is 2.25. The van der Waals surface area contributed by atoms with Gasteiger partial charge in [0.15, 0.2) is 0 Å². The molecular formula is C17H15N3O. The smallest absolute Gasteiger partial charge is 0.129 e. The predicted octanol–water partition coefficient (Wildman–Crippen LogP) is 3.62. The third kappa shape index (κ3) is 2.69. The number of nitrogens with zero attached hydrogens (tertiary/aromatic N) is 1. The maximum atomic E-state index is 7.49. The van der Waals surface area contributed by atoms with Crippen molar-refractivity contribution in [2.24, 2.45) is 5.73 Å². The molecule has 4 heteroatoms. The molecule has 0 saturated carbocycles. The zero-order valence-corrected chi connectivity index (χ0v) is 11.6. The highest BCUT2D eigenvalue weighted by atomic mass is 16.5. The molecule has 0 saturated heterocycles. The topological polar surface area (TPSA) is 72.0 Å². The summed E-state index contributed by atoms with van der Waals surface area (Å²) < 4.78 is 5.85. The Morgan fingerprint density at radius 3 is 2.62 bits per heavy atom. The van der Waals surface area contributed by atoms with Crippen LogP contribution >= 0.6 is 0 Å². The minimum absolute atomic E-state index is 0.0638. The first-order chi connectivity index (χ1) is 10.1. The lowest BCUT2D eigenvalue weighted by atomic mass is 10.1. The Balaban J connectivity index is 1.91. The lowest BCUT2D eigenvalue weighted by Crippen LogP contribution is -2.12. The summed E-state index contributed by atoms with van der Waals surface area (Å²) in [6.07, 6.45) is 1.76. The lowest BCUT2D eigenvalue weighted by Gasteiger charge is -2.09. The number of aromatic nitrogens is 1. The van der Waals surface area contributed by atoms with Crippen molar-refractivity contribution in [2.45, 2.75) is 6.92 Å². The summed E-state index contributed by atoms with van der Waals surface area (Å²) in [6.45, 7) is 1.91. The minimum atomic E-state index is 0.0638. The molecule has 3 rings (SSSR count). The van der Waals surface area contributed by atoms with Crippen LogP contribution in [0, 0.1) is 12.3 Å². The number of rotatable bonds is 3. The third-order valence-electron chi connectivity index (χ3n) is 3.30. The number of hydrogen-bond donors (Lipinski definition) is 2. The van der Waals surface area contributed by atoms with Crippen LogP contribution in [0.3, 0.4) is 0 Å². The average molecular weight is 277 g/mol. The zero-order valence-electron chi connectivity index (χ0n) is 11.6. The summed E-state index contributed by atoms with van der Waals surface area (Å²) >= 11 is 0. The van der Waals surface area contributed by atoms with Gasteiger partial charge in [-0.2, -0.15) is 0 Å². The second-order valence-electron chi connectivity index (χ2n) is 4.85. The number of hydrogen-bond acceptors (Lipinski definition) is 3. The standard InChI is InChI=1S/C17H15N3O/c1-11-9-13(6-7-15(11)17(18)19)21-14-5-4-12-3-2-8-20-16(12)10-14/h2-10H,1H3,(H3,18,19). The number of benzene rings is 2. The first kappa shape index (κ1) is 13.1. The van der Waals surface area contributed by atoms with Crippen LogP contribution in [0.2, 0.25) is 0 Å². The molecular weight excluding hydrogens is 262 g/mol. The van der Waals surface area contributed by atoms with E-state index >= 15 is 0 Å². The molecule has 0 fully saturated rings. The van der Waals surface area contributed by atoms with Gasteiger partial charge >= 0.3 is 0 Å². The van der Waals surface area contributed by atoms with Gasteiger partial charge in [-0.15, -0.1) is 0 Å². The first-order valence-electron chi connectivity index (χ1n) is 6.61. The summed E-state index contributed by atoms with van der Waals surface area (Å²) in [6, 6.07) is 15.2. The summed E-state index contributed by atoms with van der Waals surface area (Å²) in [4.78, 5) is 4.31. The number of ether oxygens (including phenoxy) is 1. The van der Waals surface area contributed by atoms with Gasteiger partial charge in [-0.25, -0.2) is 0 Å². The minimum Gasteiger partial charge on any atom is -0.457 e. The molecule has 0 amide bonds. The van der Waals surface area contributed by atoms with Gasteiger partial charge in [-0.1, -0.05) is 6.07 Å². The number of amidine groups is 1. The van der Waals surface area contributed by atoms with E-state index in [2.05, 4.69) is 4.98 Å². The van der Waals surface area contributed by atoms with E-state index in [4.69, 9.17) is 15.9 Å². The molecule has 0 atom stereocenters. The van der Waals surface area contributed by atoms with E-state index in [-0.39, 0.29) is 5.84 Å². The molecule has 0 aliphatic rings. The largest absolute Gasteiger partial charge is 0.457 e. The van der Waals surface area contributed by atoms with Crippen molar-refractivity contribution in [1.29, 1.82) is 5.41 Å². The van der Waals surface area contributed by atoms with Crippen LogP contribution < -0.4 is 10.5 Å². The average Bonchev–Trinajstić information content (AvgIpc) is 2.47. The highest BCUT2D eigenvalue weighted by Gasteiger charge is 2.05. The van der Waals surface area contributed by atoms with E-state index in [1.54, 1.807) is 12.3 Å². The lowest BCUT2D eigenvalue weighted by molar-refractivity contribution is 0.483. The number of nitrogens with two attached hydrogens (primary N) is 1. The van der Waals surface area contributed by atoms with Gasteiger partial charge in [0.2, 0.25) is 0 Å². The van der Waals surface area contributed by atoms with E-state index in [1.165, 1.54) is 0 Å². The maximum absolute atomic E-state index is 7.49. The molecule has 0 spiro atoms. The van der Waals surface area contributed by atoms with Gasteiger partial charge in [-0.3, -0.25) is 10.4 Å². The van der Waals surface area contributed by atoms with Crippen molar-refractivity contribution >= 4 is 16.7 Å². The van der Waals surface area contributed by atoms with E-state index in [9.17, 15) is 0 Å². The Labute approximate surface area is 122 Å². The fourth-order valence-electron chi connectivity index (χ4n) is 2.25. The molecule has 2 aromatic carbocycles. The maximum Gasteiger partial charge on any atom is 0.129 e. The van der Waals surface area contributed by atoms with Crippen LogP contribution in [0.25, 0.3) is 10.9 Å². The van der Waals surface area contributed by atoms with Crippen molar-refractivity contribution in [3.05, 3.63) is 65.9 Å². The number of nitrogens with one attached hydrogen (secondary N) is 1. The molecule has 104 valence electrons. The van der Waals surface area contributed by atoms with Crippen LogP contribution in [0.5, 0.6) is 11.5 Å². The van der Waals surface area contributed by atoms with Crippen molar-refractivity contribution in [3.8, 4) is 11.5 Å². The fraction of sp³-hybridized carbons (Fsp3) is 0.0588. The molecule has 1 aromatic heterocycles.